The Morgan fingerprint density at radius 1 is 0.974 bits per heavy atom. The molecular weight excluding hydrogens is 495 g/mol. The molecule has 2 N–H and O–H groups in total. The van der Waals surface area contributed by atoms with Gasteiger partial charge < -0.3 is 24.6 Å². The molecule has 39 heavy (non-hydrogen) atoms. The van der Waals surface area contributed by atoms with Crippen molar-refractivity contribution < 1.29 is 19.0 Å². The minimum absolute atomic E-state index is 0.0803. The molecule has 0 radical (unpaired) electrons. The van der Waals surface area contributed by atoms with Gasteiger partial charge in [0, 0.05) is 37.0 Å². The Balaban J connectivity index is 1.68. The first-order chi connectivity index (χ1) is 18.7. The summed E-state index contributed by atoms with van der Waals surface area (Å²) in [6.45, 7) is 2.78. The molecule has 4 aromatic rings. The molecule has 0 aliphatic heterocycles. The van der Waals surface area contributed by atoms with Gasteiger partial charge in [0.25, 0.3) is 0 Å². The molecule has 0 bridgehead atoms. The Hall–Kier alpha value is -4.01. The van der Waals surface area contributed by atoms with Crippen LogP contribution in [-0.4, -0.2) is 72.9 Å². The highest BCUT2D eigenvalue weighted by Crippen LogP contribution is 2.32. The van der Waals surface area contributed by atoms with Gasteiger partial charge in [-0.1, -0.05) is 36.4 Å². The quantitative estimate of drug-likeness (QED) is 0.204. The summed E-state index contributed by atoms with van der Waals surface area (Å²) in [6.07, 6.45) is 0.851. The number of ether oxygens (including phenoxy) is 1. The number of hydrogen-bond acceptors (Lipinski definition) is 6. The monoisotopic (exact) mass is 530 g/mol. The third-order valence-corrected chi connectivity index (χ3v) is 6.61. The van der Waals surface area contributed by atoms with Crippen LogP contribution in [0.1, 0.15) is 28.7 Å². The van der Waals surface area contributed by atoms with Gasteiger partial charge in [-0.25, -0.2) is 9.38 Å². The zero-order valence-electron chi connectivity index (χ0n) is 22.9. The highest BCUT2D eigenvalue weighted by atomic mass is 19.1. The minimum atomic E-state index is -0.394. The molecular formula is C31H35FN4O3. The van der Waals surface area contributed by atoms with E-state index in [2.05, 4.69) is 48.1 Å². The third kappa shape index (κ3) is 7.31. The molecule has 204 valence electrons. The summed E-state index contributed by atoms with van der Waals surface area (Å²) in [7, 11) is 7.61. The first kappa shape index (κ1) is 28.0. The molecule has 0 fully saturated rings. The summed E-state index contributed by atoms with van der Waals surface area (Å²) in [5.74, 6) is -0.734. The number of rotatable bonds is 11. The fraction of sp³-hybridized carbons (Fsp3) is 0.290. The third-order valence-electron chi connectivity index (χ3n) is 6.61. The van der Waals surface area contributed by atoms with Crippen LogP contribution in [-0.2, 0) is 22.5 Å². The number of likely N-dealkylation sites (N-methyl/N-ethyl adjacent to an activating group) is 2. The number of nitrogens with zero attached hydrogens (tertiary/aromatic N) is 3. The van der Waals surface area contributed by atoms with Crippen molar-refractivity contribution in [3.05, 3.63) is 94.8 Å². The molecule has 0 aliphatic rings. The molecule has 0 amide bonds. The van der Waals surface area contributed by atoms with Gasteiger partial charge in [0.2, 0.25) is 0 Å². The Morgan fingerprint density at radius 2 is 1.67 bits per heavy atom. The number of aryl methyl sites for hydroxylation is 1. The number of hydrogen-bond donors (Lipinski definition) is 2. The van der Waals surface area contributed by atoms with Crippen LogP contribution in [0.2, 0.25) is 0 Å². The molecule has 7 nitrogen and oxygen atoms in total. The van der Waals surface area contributed by atoms with Crippen molar-refractivity contribution in [2.45, 2.75) is 19.4 Å². The normalized spacial score (nSPS) is 12.0. The maximum absolute atomic E-state index is 13.9. The van der Waals surface area contributed by atoms with Gasteiger partial charge in [-0.15, -0.1) is 0 Å². The van der Waals surface area contributed by atoms with E-state index < -0.39 is 5.82 Å². The number of methoxy groups -OCH3 is 1. The van der Waals surface area contributed by atoms with Crippen LogP contribution in [0.15, 0.2) is 71.7 Å². The van der Waals surface area contributed by atoms with Crippen LogP contribution in [0.4, 0.5) is 10.1 Å². The molecule has 0 saturated heterocycles. The van der Waals surface area contributed by atoms with Crippen LogP contribution in [0, 0.1) is 5.82 Å². The Kier molecular flexibility index (Phi) is 9.11. The van der Waals surface area contributed by atoms with Gasteiger partial charge in [-0.2, -0.15) is 0 Å². The van der Waals surface area contributed by atoms with Crippen LogP contribution in [0.5, 0.6) is 5.88 Å². The van der Waals surface area contributed by atoms with Gasteiger partial charge in [-0.3, -0.25) is 4.79 Å². The number of fused-ring (bicyclic) bond motifs is 1. The van der Waals surface area contributed by atoms with E-state index in [9.17, 15) is 14.3 Å². The van der Waals surface area contributed by atoms with Crippen molar-refractivity contribution in [1.82, 2.24) is 14.8 Å². The number of halogens is 1. The number of aromatic nitrogens is 1. The van der Waals surface area contributed by atoms with Crippen molar-refractivity contribution in [3.8, 4) is 5.88 Å². The van der Waals surface area contributed by atoms with Crippen molar-refractivity contribution in [1.29, 1.82) is 0 Å². The second-order valence-corrected chi connectivity index (χ2v) is 9.98. The molecule has 1 heterocycles. The Labute approximate surface area is 228 Å². The lowest BCUT2D eigenvalue weighted by molar-refractivity contribution is -0.140. The van der Waals surface area contributed by atoms with Gasteiger partial charge in [0.05, 0.1) is 29.6 Å². The van der Waals surface area contributed by atoms with Crippen LogP contribution >= 0.6 is 0 Å². The Morgan fingerprint density at radius 3 is 2.33 bits per heavy atom. The Bertz CT molecular complexity index is 1440. The largest absolute Gasteiger partial charge is 0.494 e. The average molecular weight is 531 g/mol. The SMILES string of the molecule is COC(=O)CCc1ccc(C(=Nc2ccc(CN(C)CCN(C)C)cc2)c2c(O)[nH]c3cc(F)ccc23)cc1. The van der Waals surface area contributed by atoms with Crippen LogP contribution in [0.3, 0.4) is 0 Å². The summed E-state index contributed by atoms with van der Waals surface area (Å²) < 4.78 is 18.6. The van der Waals surface area contributed by atoms with E-state index in [0.717, 1.165) is 36.4 Å². The van der Waals surface area contributed by atoms with Crippen LogP contribution < -0.4 is 0 Å². The van der Waals surface area contributed by atoms with Crippen molar-refractivity contribution in [2.24, 2.45) is 4.99 Å². The predicted octanol–water partition coefficient (Wildman–Crippen LogP) is 5.28. The highest BCUT2D eigenvalue weighted by Gasteiger charge is 2.19. The lowest BCUT2D eigenvalue weighted by Gasteiger charge is -2.19. The molecule has 0 atom stereocenters. The van der Waals surface area contributed by atoms with Crippen molar-refractivity contribution in [3.63, 3.8) is 0 Å². The van der Waals surface area contributed by atoms with E-state index in [1.54, 1.807) is 6.07 Å². The zero-order valence-corrected chi connectivity index (χ0v) is 22.9. The number of carbonyl (C=O) groups excluding carboxylic acids is 1. The second kappa shape index (κ2) is 12.7. The predicted molar refractivity (Wildman–Crippen MR) is 153 cm³/mol. The van der Waals surface area contributed by atoms with Gasteiger partial charge in [-0.05, 0) is 69.0 Å². The van der Waals surface area contributed by atoms with Gasteiger partial charge in [0.1, 0.15) is 5.82 Å². The van der Waals surface area contributed by atoms with Gasteiger partial charge in [0.15, 0.2) is 5.88 Å². The average Bonchev–Trinajstić information content (AvgIpc) is 3.24. The zero-order chi connectivity index (χ0) is 27.9. The van der Waals surface area contributed by atoms with E-state index in [4.69, 9.17) is 9.73 Å². The first-order valence-electron chi connectivity index (χ1n) is 12.9. The van der Waals surface area contributed by atoms with Crippen LogP contribution in [0.25, 0.3) is 10.9 Å². The van der Waals surface area contributed by atoms with E-state index in [0.29, 0.717) is 35.0 Å². The van der Waals surface area contributed by atoms with E-state index in [1.807, 2.05) is 36.4 Å². The number of benzene rings is 3. The number of carbonyl (C=O) groups is 1. The fourth-order valence-electron chi connectivity index (χ4n) is 4.40. The smallest absolute Gasteiger partial charge is 0.305 e. The fourth-order valence-corrected chi connectivity index (χ4v) is 4.40. The number of esters is 1. The van der Waals surface area contributed by atoms with Crippen molar-refractivity contribution >= 4 is 28.3 Å². The minimum Gasteiger partial charge on any atom is -0.494 e. The molecule has 4 rings (SSSR count). The summed E-state index contributed by atoms with van der Waals surface area (Å²) in [5.41, 5.74) is 5.22. The molecule has 0 unspecified atom stereocenters. The lowest BCUT2D eigenvalue weighted by atomic mass is 9.98. The lowest BCUT2D eigenvalue weighted by Crippen LogP contribution is -2.28. The summed E-state index contributed by atoms with van der Waals surface area (Å²) >= 11 is 0. The molecule has 1 aromatic heterocycles. The maximum atomic E-state index is 13.9. The van der Waals surface area contributed by atoms with Crippen molar-refractivity contribution in [2.75, 3.05) is 41.3 Å². The molecule has 3 aromatic carbocycles. The van der Waals surface area contributed by atoms with E-state index in [1.165, 1.54) is 24.8 Å². The number of aromatic amines is 1. The summed E-state index contributed by atoms with van der Waals surface area (Å²) in [5, 5.41) is 11.5. The standard InChI is InChI=1S/C31H35FN4O3/c1-35(2)17-18-36(3)20-22-7-13-25(14-8-22)33-30(23-10-5-21(6-11-23)9-16-28(37)39-4)29-26-15-12-24(32)19-27(26)34-31(29)38/h5-8,10-15,19,34,38H,9,16-18,20H2,1-4H3. The maximum Gasteiger partial charge on any atom is 0.305 e. The van der Waals surface area contributed by atoms with E-state index >= 15 is 0 Å². The number of aromatic hydroxyl groups is 1. The molecule has 8 heteroatoms. The number of nitrogens with one attached hydrogen (secondary N) is 1. The second-order valence-electron chi connectivity index (χ2n) is 9.98. The molecule has 0 aliphatic carbocycles. The first-order valence-corrected chi connectivity index (χ1v) is 12.9. The van der Waals surface area contributed by atoms with E-state index in [-0.39, 0.29) is 11.8 Å². The number of aliphatic imine (C=N–C) groups is 1. The highest BCUT2D eigenvalue weighted by molar-refractivity contribution is 6.21. The molecule has 0 saturated carbocycles. The van der Waals surface area contributed by atoms with Gasteiger partial charge >= 0.3 is 5.97 Å². The summed E-state index contributed by atoms with van der Waals surface area (Å²) in [4.78, 5) is 23.8. The molecule has 0 spiro atoms. The topological polar surface area (TPSA) is 81.2 Å². The number of H-pyrrole nitrogens is 1. The summed E-state index contributed by atoms with van der Waals surface area (Å²) in [6, 6.07) is 20.1.